The Balaban J connectivity index is 2.35. The van der Waals surface area contributed by atoms with Crippen LogP contribution in [-0.2, 0) is 4.79 Å². The number of aliphatic carboxylic acids is 1. The molecule has 0 bridgehead atoms. The van der Waals surface area contributed by atoms with Crippen molar-refractivity contribution in [2.24, 2.45) is 5.92 Å². The van der Waals surface area contributed by atoms with Crippen molar-refractivity contribution in [1.82, 2.24) is 9.97 Å². The Hall–Kier alpha value is -1.85. The number of carbonyl (C=O) groups is 1. The van der Waals surface area contributed by atoms with Crippen LogP contribution in [0.15, 0.2) is 6.07 Å². The molecule has 1 aliphatic carbocycles. The second-order valence-corrected chi connectivity index (χ2v) is 4.65. The highest BCUT2D eigenvalue weighted by molar-refractivity contribution is 5.71. The quantitative estimate of drug-likeness (QED) is 0.895. The lowest BCUT2D eigenvalue weighted by atomic mass is 9.79. The summed E-state index contributed by atoms with van der Waals surface area (Å²) >= 11 is 0. The van der Waals surface area contributed by atoms with Gasteiger partial charge in [0.2, 0.25) is 11.8 Å². The molecule has 6 heteroatoms. The smallest absolute Gasteiger partial charge is 0.307 e. The number of carboxylic acids is 1. The molecule has 1 saturated carbocycles. The first kappa shape index (κ1) is 13.6. The van der Waals surface area contributed by atoms with E-state index < -0.39 is 11.9 Å². The van der Waals surface area contributed by atoms with E-state index in [1.807, 2.05) is 0 Å². The summed E-state index contributed by atoms with van der Waals surface area (Å²) in [5, 5.41) is 9.30. The lowest BCUT2D eigenvalue weighted by molar-refractivity contribution is -0.143. The maximum Gasteiger partial charge on any atom is 0.307 e. The third-order valence-corrected chi connectivity index (χ3v) is 3.53. The monoisotopic (exact) mass is 266 g/mol. The van der Waals surface area contributed by atoms with Gasteiger partial charge in [0.25, 0.3) is 0 Å². The minimum Gasteiger partial charge on any atom is -0.481 e. The third kappa shape index (κ3) is 2.94. The van der Waals surface area contributed by atoms with E-state index in [1.165, 1.54) is 14.2 Å². The molecule has 2 rings (SSSR count). The van der Waals surface area contributed by atoms with E-state index in [9.17, 15) is 9.90 Å². The molecule has 19 heavy (non-hydrogen) atoms. The van der Waals surface area contributed by atoms with Crippen molar-refractivity contribution in [3.8, 4) is 11.8 Å². The standard InChI is InChI=1S/C13H18N2O4/c1-18-10-7-11(19-2)15-12(14-10)8-5-3-4-6-9(8)13(16)17/h7-9H,3-6H2,1-2H3,(H,16,17)/t8-,9-/m1/s1. The second-order valence-electron chi connectivity index (χ2n) is 4.65. The number of aromatic nitrogens is 2. The Morgan fingerprint density at radius 1 is 1.21 bits per heavy atom. The van der Waals surface area contributed by atoms with E-state index in [0.717, 1.165) is 19.3 Å². The molecule has 1 aromatic rings. The Kier molecular flexibility index (Phi) is 4.19. The van der Waals surface area contributed by atoms with E-state index in [0.29, 0.717) is 24.0 Å². The van der Waals surface area contributed by atoms with Crippen molar-refractivity contribution in [3.63, 3.8) is 0 Å². The van der Waals surface area contributed by atoms with Gasteiger partial charge in [-0.25, -0.2) is 0 Å². The van der Waals surface area contributed by atoms with Crippen LogP contribution in [0.5, 0.6) is 11.8 Å². The first-order valence-electron chi connectivity index (χ1n) is 6.35. The number of nitrogens with zero attached hydrogens (tertiary/aromatic N) is 2. The first-order chi connectivity index (χ1) is 9.15. The molecule has 1 fully saturated rings. The summed E-state index contributed by atoms with van der Waals surface area (Å²) in [6, 6.07) is 1.59. The van der Waals surface area contributed by atoms with Crippen LogP contribution >= 0.6 is 0 Å². The van der Waals surface area contributed by atoms with Crippen molar-refractivity contribution < 1.29 is 19.4 Å². The molecule has 1 aliphatic rings. The first-order valence-corrected chi connectivity index (χ1v) is 6.35. The highest BCUT2D eigenvalue weighted by Crippen LogP contribution is 2.37. The van der Waals surface area contributed by atoms with Gasteiger partial charge in [-0.15, -0.1) is 0 Å². The average molecular weight is 266 g/mol. The van der Waals surface area contributed by atoms with Crippen molar-refractivity contribution in [2.45, 2.75) is 31.6 Å². The van der Waals surface area contributed by atoms with Crippen LogP contribution in [0.25, 0.3) is 0 Å². The number of methoxy groups -OCH3 is 2. The highest BCUT2D eigenvalue weighted by atomic mass is 16.5. The van der Waals surface area contributed by atoms with Gasteiger partial charge in [-0.3, -0.25) is 4.79 Å². The van der Waals surface area contributed by atoms with E-state index in [1.54, 1.807) is 6.07 Å². The molecule has 0 spiro atoms. The Bertz CT molecular complexity index is 442. The molecule has 6 nitrogen and oxygen atoms in total. The molecular formula is C13H18N2O4. The average Bonchev–Trinajstić information content (AvgIpc) is 2.46. The Morgan fingerprint density at radius 3 is 2.32 bits per heavy atom. The molecule has 104 valence electrons. The zero-order valence-corrected chi connectivity index (χ0v) is 11.1. The molecule has 0 saturated heterocycles. The van der Waals surface area contributed by atoms with Gasteiger partial charge in [-0.1, -0.05) is 12.8 Å². The van der Waals surface area contributed by atoms with Crippen LogP contribution in [0.3, 0.4) is 0 Å². The largest absolute Gasteiger partial charge is 0.481 e. The maximum absolute atomic E-state index is 11.3. The minimum absolute atomic E-state index is 0.171. The molecule has 2 atom stereocenters. The number of hydrogen-bond acceptors (Lipinski definition) is 5. The minimum atomic E-state index is -0.782. The van der Waals surface area contributed by atoms with Gasteiger partial charge >= 0.3 is 5.97 Å². The molecule has 1 heterocycles. The van der Waals surface area contributed by atoms with Crippen LogP contribution in [0.2, 0.25) is 0 Å². The van der Waals surface area contributed by atoms with Crippen LogP contribution in [0.1, 0.15) is 37.4 Å². The van der Waals surface area contributed by atoms with E-state index in [2.05, 4.69) is 9.97 Å². The lowest BCUT2D eigenvalue weighted by Gasteiger charge is -2.27. The third-order valence-electron chi connectivity index (χ3n) is 3.53. The molecule has 1 N–H and O–H groups in total. The number of rotatable bonds is 4. The van der Waals surface area contributed by atoms with E-state index >= 15 is 0 Å². The summed E-state index contributed by atoms with van der Waals surface area (Å²) in [5.41, 5.74) is 0. The SMILES string of the molecule is COc1cc(OC)nc([C@@H]2CCCC[C@H]2C(=O)O)n1. The van der Waals surface area contributed by atoms with Gasteiger partial charge in [-0.05, 0) is 12.8 Å². The van der Waals surface area contributed by atoms with Crippen molar-refractivity contribution >= 4 is 5.97 Å². The van der Waals surface area contributed by atoms with Gasteiger partial charge in [0.1, 0.15) is 5.82 Å². The Labute approximate surface area is 111 Å². The van der Waals surface area contributed by atoms with Crippen LogP contribution in [0, 0.1) is 5.92 Å². The zero-order chi connectivity index (χ0) is 13.8. The van der Waals surface area contributed by atoms with Gasteiger partial charge in [-0.2, -0.15) is 9.97 Å². The predicted octanol–water partition coefficient (Wildman–Crippen LogP) is 1.85. The molecule has 0 unspecified atom stereocenters. The van der Waals surface area contributed by atoms with Crippen LogP contribution in [0.4, 0.5) is 0 Å². The van der Waals surface area contributed by atoms with Gasteiger partial charge in [0, 0.05) is 5.92 Å². The van der Waals surface area contributed by atoms with E-state index in [-0.39, 0.29) is 5.92 Å². The molecule has 0 aromatic carbocycles. The fraction of sp³-hybridized carbons (Fsp3) is 0.615. The van der Waals surface area contributed by atoms with Crippen molar-refractivity contribution in [1.29, 1.82) is 0 Å². The number of ether oxygens (including phenoxy) is 2. The van der Waals surface area contributed by atoms with Gasteiger partial charge < -0.3 is 14.6 Å². The normalized spacial score (nSPS) is 22.8. The van der Waals surface area contributed by atoms with Gasteiger partial charge in [0.15, 0.2) is 0 Å². The summed E-state index contributed by atoms with van der Waals surface area (Å²) in [6.07, 6.45) is 3.39. The topological polar surface area (TPSA) is 81.5 Å². The van der Waals surface area contributed by atoms with Crippen molar-refractivity contribution in [2.75, 3.05) is 14.2 Å². The van der Waals surface area contributed by atoms with Crippen LogP contribution < -0.4 is 9.47 Å². The van der Waals surface area contributed by atoms with Crippen molar-refractivity contribution in [3.05, 3.63) is 11.9 Å². The Morgan fingerprint density at radius 2 is 1.79 bits per heavy atom. The summed E-state index contributed by atoms with van der Waals surface area (Å²) in [6.45, 7) is 0. The number of hydrogen-bond donors (Lipinski definition) is 1. The molecule has 0 aliphatic heterocycles. The number of carboxylic acid groups (broad SMARTS) is 1. The zero-order valence-electron chi connectivity index (χ0n) is 11.1. The summed E-state index contributed by atoms with van der Waals surface area (Å²) in [7, 11) is 3.03. The molecule has 1 aromatic heterocycles. The highest BCUT2D eigenvalue weighted by Gasteiger charge is 2.34. The summed E-state index contributed by atoms with van der Waals surface area (Å²) < 4.78 is 10.2. The lowest BCUT2D eigenvalue weighted by Crippen LogP contribution is -2.27. The van der Waals surface area contributed by atoms with E-state index in [4.69, 9.17) is 9.47 Å². The molecular weight excluding hydrogens is 248 g/mol. The molecule has 0 radical (unpaired) electrons. The molecule has 0 amide bonds. The maximum atomic E-state index is 11.3. The summed E-state index contributed by atoms with van der Waals surface area (Å²) in [4.78, 5) is 19.9. The fourth-order valence-electron chi connectivity index (χ4n) is 2.53. The predicted molar refractivity (Wildman–Crippen MR) is 67.5 cm³/mol. The van der Waals surface area contributed by atoms with Gasteiger partial charge in [0.05, 0.1) is 26.2 Å². The summed E-state index contributed by atoms with van der Waals surface area (Å²) in [5.74, 6) is -0.0766. The fourth-order valence-corrected chi connectivity index (χ4v) is 2.53. The van der Waals surface area contributed by atoms with Crippen LogP contribution in [-0.4, -0.2) is 35.3 Å². The second kappa shape index (κ2) is 5.86.